The zero-order chi connectivity index (χ0) is 10.8. The molecule has 1 aromatic rings. The molecule has 0 amide bonds. The molecule has 1 heterocycles. The maximum Gasteiger partial charge on any atom is 0.0655 e. The lowest BCUT2D eigenvalue weighted by Crippen LogP contribution is -2.42. The number of rotatable bonds is 1. The van der Waals surface area contributed by atoms with Crippen molar-refractivity contribution < 1.29 is 0 Å². The third-order valence-electron chi connectivity index (χ3n) is 2.47. The van der Waals surface area contributed by atoms with E-state index >= 15 is 0 Å². The summed E-state index contributed by atoms with van der Waals surface area (Å²) in [5, 5.41) is 8.39. The molecule has 1 saturated heterocycles. The van der Waals surface area contributed by atoms with Crippen molar-refractivity contribution in [3.8, 4) is 0 Å². The highest BCUT2D eigenvalue weighted by molar-refractivity contribution is 6.44. The summed E-state index contributed by atoms with van der Waals surface area (Å²) in [5.74, 6) is 0. The molecule has 0 radical (unpaired) electrons. The molecular formula is C10H12Cl4N2. The van der Waals surface area contributed by atoms with Crippen molar-refractivity contribution in [3.05, 3.63) is 32.8 Å². The number of halogens is 4. The van der Waals surface area contributed by atoms with Crippen LogP contribution in [0.4, 0.5) is 0 Å². The molecule has 90 valence electrons. The van der Waals surface area contributed by atoms with E-state index in [9.17, 15) is 0 Å². The highest BCUT2D eigenvalue weighted by atomic mass is 35.5. The minimum atomic E-state index is 0. The van der Waals surface area contributed by atoms with Gasteiger partial charge in [0.2, 0.25) is 0 Å². The van der Waals surface area contributed by atoms with Crippen molar-refractivity contribution in [3.63, 3.8) is 0 Å². The van der Waals surface area contributed by atoms with Crippen molar-refractivity contribution in [2.45, 2.75) is 6.04 Å². The van der Waals surface area contributed by atoms with Crippen molar-refractivity contribution in [1.29, 1.82) is 0 Å². The van der Waals surface area contributed by atoms with E-state index in [4.69, 9.17) is 34.8 Å². The highest BCUT2D eigenvalue weighted by Gasteiger charge is 2.21. The lowest BCUT2D eigenvalue weighted by atomic mass is 10.1. The lowest BCUT2D eigenvalue weighted by Gasteiger charge is -2.26. The van der Waals surface area contributed by atoms with Gasteiger partial charge in [0.25, 0.3) is 0 Å². The Morgan fingerprint density at radius 2 is 1.75 bits per heavy atom. The van der Waals surface area contributed by atoms with E-state index in [0.29, 0.717) is 15.1 Å². The monoisotopic (exact) mass is 300 g/mol. The first-order valence-electron chi connectivity index (χ1n) is 4.77. The summed E-state index contributed by atoms with van der Waals surface area (Å²) in [6, 6.07) is 3.63. The molecule has 2 rings (SSSR count). The molecule has 0 unspecified atom stereocenters. The molecule has 0 bridgehead atoms. The highest BCUT2D eigenvalue weighted by Crippen LogP contribution is 2.35. The summed E-state index contributed by atoms with van der Waals surface area (Å²) >= 11 is 18.2. The number of hydrogen-bond acceptors (Lipinski definition) is 2. The first-order chi connectivity index (χ1) is 7.20. The maximum absolute atomic E-state index is 6.15. The third-order valence-corrected chi connectivity index (χ3v) is 3.62. The van der Waals surface area contributed by atoms with Crippen LogP contribution in [0.5, 0.6) is 0 Å². The summed E-state index contributed by atoms with van der Waals surface area (Å²) in [7, 11) is 0. The molecule has 0 aromatic heterocycles. The summed E-state index contributed by atoms with van der Waals surface area (Å²) in [6.45, 7) is 2.69. The predicted molar refractivity (Wildman–Crippen MR) is 72.3 cm³/mol. The van der Waals surface area contributed by atoms with Gasteiger partial charge in [-0.2, -0.15) is 0 Å². The van der Waals surface area contributed by atoms with Crippen LogP contribution in [0.25, 0.3) is 0 Å². The number of piperazine rings is 1. The molecule has 0 aliphatic carbocycles. The zero-order valence-electron chi connectivity index (χ0n) is 8.40. The van der Waals surface area contributed by atoms with E-state index in [2.05, 4.69) is 10.6 Å². The SMILES string of the molecule is Cl.Clc1ccc(Cl)c([C@H]2CNCCN2)c1Cl. The van der Waals surface area contributed by atoms with Crippen LogP contribution in [0.15, 0.2) is 12.1 Å². The van der Waals surface area contributed by atoms with Crippen LogP contribution in [-0.2, 0) is 0 Å². The van der Waals surface area contributed by atoms with Crippen molar-refractivity contribution in [1.82, 2.24) is 10.6 Å². The Morgan fingerprint density at radius 1 is 1.06 bits per heavy atom. The van der Waals surface area contributed by atoms with Gasteiger partial charge in [0, 0.05) is 36.3 Å². The van der Waals surface area contributed by atoms with E-state index in [0.717, 1.165) is 25.2 Å². The Morgan fingerprint density at radius 3 is 2.38 bits per heavy atom. The zero-order valence-corrected chi connectivity index (χ0v) is 11.5. The third kappa shape index (κ3) is 2.95. The van der Waals surface area contributed by atoms with Gasteiger partial charge in [0.1, 0.15) is 0 Å². The lowest BCUT2D eigenvalue weighted by molar-refractivity contribution is 0.430. The second-order valence-electron chi connectivity index (χ2n) is 3.47. The van der Waals surface area contributed by atoms with Gasteiger partial charge in [-0.3, -0.25) is 0 Å². The van der Waals surface area contributed by atoms with E-state index in [1.54, 1.807) is 12.1 Å². The Kier molecular flexibility index (Phi) is 5.65. The quantitative estimate of drug-likeness (QED) is 0.778. The van der Waals surface area contributed by atoms with Crippen molar-refractivity contribution in [2.24, 2.45) is 0 Å². The van der Waals surface area contributed by atoms with Gasteiger partial charge in [-0.05, 0) is 12.1 Å². The molecule has 1 aliphatic heterocycles. The molecular weight excluding hydrogens is 290 g/mol. The summed E-state index contributed by atoms with van der Waals surface area (Å²) in [5.41, 5.74) is 0.887. The van der Waals surface area contributed by atoms with Crippen LogP contribution >= 0.6 is 47.2 Å². The summed E-state index contributed by atoms with van der Waals surface area (Å²) in [6.07, 6.45) is 0. The first kappa shape index (κ1) is 14.4. The first-order valence-corrected chi connectivity index (χ1v) is 5.91. The molecule has 1 fully saturated rings. The topological polar surface area (TPSA) is 24.1 Å². The van der Waals surface area contributed by atoms with Gasteiger partial charge < -0.3 is 10.6 Å². The molecule has 16 heavy (non-hydrogen) atoms. The standard InChI is InChI=1S/C10H11Cl3N2.ClH/c11-6-1-2-7(12)10(13)9(6)8-5-14-3-4-15-8;/h1-2,8,14-15H,3-5H2;1H/t8-;/m1./s1. The second-order valence-corrected chi connectivity index (χ2v) is 4.66. The van der Waals surface area contributed by atoms with Crippen LogP contribution in [0.3, 0.4) is 0 Å². The van der Waals surface area contributed by atoms with E-state index in [1.165, 1.54) is 0 Å². The average Bonchev–Trinajstić information content (AvgIpc) is 2.26. The molecule has 6 heteroatoms. The maximum atomic E-state index is 6.15. The summed E-state index contributed by atoms with van der Waals surface area (Å²) in [4.78, 5) is 0. The van der Waals surface area contributed by atoms with Gasteiger partial charge >= 0.3 is 0 Å². The summed E-state index contributed by atoms with van der Waals surface area (Å²) < 4.78 is 0. The van der Waals surface area contributed by atoms with E-state index in [-0.39, 0.29) is 18.4 Å². The van der Waals surface area contributed by atoms with Crippen LogP contribution in [0.2, 0.25) is 15.1 Å². The fourth-order valence-electron chi connectivity index (χ4n) is 1.72. The number of hydrogen-bond donors (Lipinski definition) is 2. The van der Waals surface area contributed by atoms with Crippen molar-refractivity contribution >= 4 is 47.2 Å². The van der Waals surface area contributed by atoms with Gasteiger partial charge in [0.15, 0.2) is 0 Å². The molecule has 0 saturated carbocycles. The van der Waals surface area contributed by atoms with Gasteiger partial charge in [-0.1, -0.05) is 34.8 Å². The largest absolute Gasteiger partial charge is 0.314 e. The molecule has 0 spiro atoms. The number of nitrogens with one attached hydrogen (secondary N) is 2. The molecule has 1 atom stereocenters. The molecule has 2 nitrogen and oxygen atoms in total. The van der Waals surface area contributed by atoms with Crippen LogP contribution < -0.4 is 10.6 Å². The fraction of sp³-hybridized carbons (Fsp3) is 0.400. The van der Waals surface area contributed by atoms with Gasteiger partial charge in [0.05, 0.1) is 10.0 Å². The normalized spacial score (nSPS) is 20.3. The van der Waals surface area contributed by atoms with Crippen LogP contribution in [0.1, 0.15) is 11.6 Å². The average molecular weight is 302 g/mol. The Hall–Kier alpha value is 0.300. The van der Waals surface area contributed by atoms with Crippen LogP contribution in [-0.4, -0.2) is 19.6 Å². The van der Waals surface area contributed by atoms with E-state index < -0.39 is 0 Å². The van der Waals surface area contributed by atoms with E-state index in [1.807, 2.05) is 0 Å². The van der Waals surface area contributed by atoms with Crippen molar-refractivity contribution in [2.75, 3.05) is 19.6 Å². The van der Waals surface area contributed by atoms with Gasteiger partial charge in [-0.25, -0.2) is 0 Å². The minimum absolute atomic E-state index is 0. The molecule has 2 N–H and O–H groups in total. The van der Waals surface area contributed by atoms with Crippen LogP contribution in [0, 0.1) is 0 Å². The predicted octanol–water partition coefficient (Wildman–Crippen LogP) is 3.30. The minimum Gasteiger partial charge on any atom is -0.314 e. The Labute approximate surface area is 116 Å². The molecule has 1 aliphatic rings. The Bertz CT molecular complexity index is 364. The smallest absolute Gasteiger partial charge is 0.0655 e. The molecule has 1 aromatic carbocycles. The fourth-order valence-corrected chi connectivity index (χ4v) is 2.52. The second kappa shape index (κ2) is 6.29. The Balaban J connectivity index is 0.00000128. The number of benzene rings is 1. The van der Waals surface area contributed by atoms with Gasteiger partial charge in [-0.15, -0.1) is 12.4 Å².